The maximum absolute atomic E-state index is 11.1. The second-order valence-corrected chi connectivity index (χ2v) is 5.31. The highest BCUT2D eigenvalue weighted by molar-refractivity contribution is 9.10. The fourth-order valence-corrected chi connectivity index (χ4v) is 2.31. The van der Waals surface area contributed by atoms with Gasteiger partial charge in [-0.2, -0.15) is 0 Å². The summed E-state index contributed by atoms with van der Waals surface area (Å²) >= 11 is 2.84. The Bertz CT molecular complexity index is 407. The maximum Gasteiger partial charge on any atom is 0.303 e. The minimum absolute atomic E-state index is 0.265. The van der Waals surface area contributed by atoms with E-state index >= 15 is 0 Å². The molecule has 1 N–H and O–H groups in total. The highest BCUT2D eigenvalue weighted by Gasteiger charge is 2.57. The number of esters is 3. The quantitative estimate of drug-likeness (QED) is 0.422. The van der Waals surface area contributed by atoms with Crippen LogP contribution in [0.2, 0.25) is 0 Å². The van der Waals surface area contributed by atoms with E-state index in [9.17, 15) is 19.5 Å². The van der Waals surface area contributed by atoms with Crippen molar-refractivity contribution < 1.29 is 38.4 Å². The van der Waals surface area contributed by atoms with Gasteiger partial charge in [0.25, 0.3) is 4.70 Å². The summed E-state index contributed by atoms with van der Waals surface area (Å²) in [5.74, 6) is -1.92. The average Bonchev–Trinajstić information content (AvgIpc) is 2.48. The monoisotopic (exact) mass is 354 g/mol. The number of hydrogen-bond acceptors (Lipinski definition) is 8. The molecule has 4 atom stereocenters. The van der Waals surface area contributed by atoms with Crippen LogP contribution in [0, 0.1) is 0 Å². The van der Waals surface area contributed by atoms with Crippen LogP contribution >= 0.6 is 15.9 Å². The second kappa shape index (κ2) is 6.51. The topological polar surface area (TPSA) is 108 Å². The molecule has 0 unspecified atom stereocenters. The molecule has 0 radical (unpaired) electrons. The summed E-state index contributed by atoms with van der Waals surface area (Å²) in [7, 11) is 0. The third-order valence-corrected chi connectivity index (χ3v) is 3.02. The van der Waals surface area contributed by atoms with Gasteiger partial charge < -0.3 is 24.1 Å². The highest BCUT2D eigenvalue weighted by atomic mass is 79.9. The molecule has 0 aromatic rings. The van der Waals surface area contributed by atoms with E-state index in [-0.39, 0.29) is 6.61 Å². The van der Waals surface area contributed by atoms with Gasteiger partial charge >= 0.3 is 17.9 Å². The Hall–Kier alpha value is -1.19. The Morgan fingerprint density at radius 3 is 2.15 bits per heavy atom. The smallest absolute Gasteiger partial charge is 0.303 e. The van der Waals surface area contributed by atoms with Crippen molar-refractivity contribution in [2.24, 2.45) is 0 Å². The number of aliphatic hydroxyl groups is 1. The van der Waals surface area contributed by atoms with Crippen LogP contribution in [0.4, 0.5) is 0 Å². The lowest BCUT2D eigenvalue weighted by molar-refractivity contribution is -0.184. The first-order chi connectivity index (χ1) is 9.13. The molecule has 0 aromatic heterocycles. The molecule has 0 aliphatic carbocycles. The van der Waals surface area contributed by atoms with E-state index in [0.717, 1.165) is 13.8 Å². The molecule has 1 rings (SSSR count). The SMILES string of the molecule is CC(=O)OC[C@H]1O[C@@](O)(Br)[C@H](OC(C)=O)[C@@H]1OC(C)=O. The molecule has 0 saturated carbocycles. The largest absolute Gasteiger partial charge is 0.463 e. The van der Waals surface area contributed by atoms with Crippen LogP contribution in [0.3, 0.4) is 0 Å². The summed E-state index contributed by atoms with van der Waals surface area (Å²) in [6.45, 7) is 3.21. The third kappa shape index (κ3) is 4.43. The summed E-state index contributed by atoms with van der Waals surface area (Å²) in [6.07, 6.45) is -3.37. The molecule has 1 aliphatic rings. The van der Waals surface area contributed by atoms with E-state index in [4.69, 9.17) is 18.9 Å². The zero-order valence-corrected chi connectivity index (χ0v) is 12.7. The molecular weight excluding hydrogens is 340 g/mol. The average molecular weight is 355 g/mol. The van der Waals surface area contributed by atoms with Crippen molar-refractivity contribution in [1.82, 2.24) is 0 Å². The van der Waals surface area contributed by atoms with Crippen molar-refractivity contribution in [3.63, 3.8) is 0 Å². The second-order valence-electron chi connectivity index (χ2n) is 4.17. The van der Waals surface area contributed by atoms with Gasteiger partial charge in [0.05, 0.1) is 0 Å². The maximum atomic E-state index is 11.1. The van der Waals surface area contributed by atoms with Gasteiger partial charge in [0.1, 0.15) is 12.7 Å². The van der Waals surface area contributed by atoms with Gasteiger partial charge in [-0.25, -0.2) is 0 Å². The summed E-state index contributed by atoms with van der Waals surface area (Å²) in [5.41, 5.74) is 0. The minimum Gasteiger partial charge on any atom is -0.463 e. The first-order valence-electron chi connectivity index (χ1n) is 5.70. The van der Waals surface area contributed by atoms with Gasteiger partial charge in [0, 0.05) is 20.8 Å². The number of ether oxygens (including phenoxy) is 4. The molecule has 0 aromatic carbocycles. The number of carbonyl (C=O) groups excluding carboxylic acids is 3. The van der Waals surface area contributed by atoms with Gasteiger partial charge in [-0.05, 0) is 15.9 Å². The summed E-state index contributed by atoms with van der Waals surface area (Å²) < 4.78 is 17.8. The predicted octanol–water partition coefficient (Wildman–Crippen LogP) is -0.147. The number of alkyl halides is 1. The Balaban J connectivity index is 2.90. The molecule has 20 heavy (non-hydrogen) atoms. The van der Waals surface area contributed by atoms with E-state index in [2.05, 4.69) is 15.9 Å². The summed E-state index contributed by atoms with van der Waals surface area (Å²) in [5, 5.41) is 10.0. The molecule has 0 amide bonds. The van der Waals surface area contributed by atoms with Crippen molar-refractivity contribution in [2.75, 3.05) is 6.61 Å². The van der Waals surface area contributed by atoms with Crippen molar-refractivity contribution in [3.8, 4) is 0 Å². The molecule has 8 nitrogen and oxygen atoms in total. The predicted molar refractivity (Wildman–Crippen MR) is 66.5 cm³/mol. The highest BCUT2D eigenvalue weighted by Crippen LogP contribution is 2.38. The van der Waals surface area contributed by atoms with Crippen LogP contribution in [0.1, 0.15) is 20.8 Å². The zero-order valence-electron chi connectivity index (χ0n) is 11.1. The van der Waals surface area contributed by atoms with Crippen LogP contribution in [0.5, 0.6) is 0 Å². The fraction of sp³-hybridized carbons (Fsp3) is 0.727. The summed E-state index contributed by atoms with van der Waals surface area (Å²) in [4.78, 5) is 33.0. The Morgan fingerprint density at radius 1 is 1.15 bits per heavy atom. The van der Waals surface area contributed by atoms with Crippen LogP contribution in [0.25, 0.3) is 0 Å². The zero-order chi connectivity index (χ0) is 15.5. The lowest BCUT2D eigenvalue weighted by Crippen LogP contribution is -2.44. The third-order valence-electron chi connectivity index (χ3n) is 2.38. The van der Waals surface area contributed by atoms with Crippen LogP contribution < -0.4 is 0 Å². The standard InChI is InChI=1S/C11H15BrO8/c1-5(13)17-4-8-9(18-6(2)14)10(19-7(3)15)11(12,16)20-8/h8-10,16H,4H2,1-3H3/t8-,9-,10-,11-/m1/s1. The Labute approximate surface area is 123 Å². The molecule has 0 spiro atoms. The molecule has 9 heteroatoms. The molecule has 1 heterocycles. The molecule has 114 valence electrons. The van der Waals surface area contributed by atoms with Crippen LogP contribution in [-0.4, -0.2) is 52.6 Å². The number of hydrogen-bond donors (Lipinski definition) is 1. The number of rotatable bonds is 4. The van der Waals surface area contributed by atoms with E-state index < -0.39 is 40.9 Å². The van der Waals surface area contributed by atoms with E-state index in [1.165, 1.54) is 6.92 Å². The van der Waals surface area contributed by atoms with Gasteiger partial charge in [-0.15, -0.1) is 0 Å². The normalized spacial score (nSPS) is 32.5. The first kappa shape index (κ1) is 16.9. The van der Waals surface area contributed by atoms with Crippen molar-refractivity contribution in [2.45, 2.75) is 43.8 Å². The van der Waals surface area contributed by atoms with Gasteiger partial charge in [0.2, 0.25) is 6.10 Å². The minimum atomic E-state index is -2.04. The first-order valence-corrected chi connectivity index (χ1v) is 6.49. The van der Waals surface area contributed by atoms with Crippen LogP contribution in [-0.2, 0) is 33.3 Å². The Morgan fingerprint density at radius 2 is 1.70 bits per heavy atom. The van der Waals surface area contributed by atoms with Crippen molar-refractivity contribution >= 4 is 33.8 Å². The van der Waals surface area contributed by atoms with E-state index in [1.807, 2.05) is 0 Å². The molecule has 1 fully saturated rings. The molecular formula is C11H15BrO8. The summed E-state index contributed by atoms with van der Waals surface area (Å²) in [6, 6.07) is 0. The van der Waals surface area contributed by atoms with Gasteiger partial charge in [-0.1, -0.05) is 0 Å². The van der Waals surface area contributed by atoms with Gasteiger partial charge in [0.15, 0.2) is 6.10 Å². The van der Waals surface area contributed by atoms with E-state index in [0.29, 0.717) is 0 Å². The Kier molecular flexibility index (Phi) is 5.49. The van der Waals surface area contributed by atoms with E-state index in [1.54, 1.807) is 0 Å². The lowest BCUT2D eigenvalue weighted by atomic mass is 10.1. The molecule has 1 aliphatic heterocycles. The lowest BCUT2D eigenvalue weighted by Gasteiger charge is -2.24. The van der Waals surface area contributed by atoms with Crippen molar-refractivity contribution in [1.29, 1.82) is 0 Å². The number of carbonyl (C=O) groups is 3. The molecule has 0 bridgehead atoms. The molecule has 1 saturated heterocycles. The van der Waals surface area contributed by atoms with Crippen LogP contribution in [0.15, 0.2) is 0 Å². The number of halogens is 1. The van der Waals surface area contributed by atoms with Gasteiger partial charge in [-0.3, -0.25) is 14.4 Å². The van der Waals surface area contributed by atoms with Crippen molar-refractivity contribution in [3.05, 3.63) is 0 Å². The fourth-order valence-electron chi connectivity index (χ4n) is 1.72.